The van der Waals surface area contributed by atoms with E-state index in [1.807, 2.05) is 60.7 Å². The minimum absolute atomic E-state index is 0.0835. The Kier molecular flexibility index (Phi) is 5.67. The molecule has 1 aliphatic carbocycles. The van der Waals surface area contributed by atoms with Gasteiger partial charge in [0.15, 0.2) is 0 Å². The van der Waals surface area contributed by atoms with Crippen LogP contribution in [0.25, 0.3) is 0 Å². The zero-order valence-corrected chi connectivity index (χ0v) is 13.8. The molecule has 0 saturated heterocycles. The van der Waals surface area contributed by atoms with Gasteiger partial charge in [-0.2, -0.15) is 5.10 Å². The van der Waals surface area contributed by atoms with Crippen molar-refractivity contribution in [2.75, 3.05) is 0 Å². The first kappa shape index (κ1) is 16.3. The minimum atomic E-state index is -0.0835. The van der Waals surface area contributed by atoms with Crippen molar-refractivity contribution in [1.29, 1.82) is 0 Å². The van der Waals surface area contributed by atoms with Crippen LogP contribution in [0.1, 0.15) is 54.4 Å². The van der Waals surface area contributed by atoms with E-state index >= 15 is 0 Å². The topological polar surface area (TPSA) is 41.8 Å². The third kappa shape index (κ3) is 4.25. The Bertz CT molecular complexity index is 723. The van der Waals surface area contributed by atoms with Crippen molar-refractivity contribution in [3.63, 3.8) is 0 Å². The fraction of sp³-hybridized carbons (Fsp3) is 0.286. The molecule has 2 aromatic rings. The lowest BCUT2D eigenvalue weighted by atomic mass is 10.0. The molecule has 0 N–H and O–H groups in total. The SMILES string of the molecule is O=C(/C(=N\N=C1CCCCCC1)c1ccccc1)c1ccccc1. The molecule has 3 heteroatoms. The first-order valence-corrected chi connectivity index (χ1v) is 8.63. The second-order valence-corrected chi connectivity index (χ2v) is 6.09. The summed E-state index contributed by atoms with van der Waals surface area (Å²) in [5, 5.41) is 8.84. The van der Waals surface area contributed by atoms with Gasteiger partial charge in [0.2, 0.25) is 5.78 Å². The molecule has 0 spiro atoms. The molecule has 24 heavy (non-hydrogen) atoms. The number of hydrogen-bond donors (Lipinski definition) is 0. The fourth-order valence-electron chi connectivity index (χ4n) is 2.91. The maximum atomic E-state index is 12.9. The largest absolute Gasteiger partial charge is 0.287 e. The number of hydrogen-bond acceptors (Lipinski definition) is 3. The number of Topliss-reactive ketones (excluding diaryl/α,β-unsaturated/α-hetero) is 1. The van der Waals surface area contributed by atoms with Crippen LogP contribution < -0.4 is 0 Å². The van der Waals surface area contributed by atoms with Gasteiger partial charge in [0.1, 0.15) is 5.71 Å². The molecular formula is C21H22N2O. The average Bonchev–Trinajstić information content (AvgIpc) is 2.92. The van der Waals surface area contributed by atoms with Crippen LogP contribution in [0.4, 0.5) is 0 Å². The van der Waals surface area contributed by atoms with E-state index in [-0.39, 0.29) is 5.78 Å². The molecule has 0 bridgehead atoms. The highest BCUT2D eigenvalue weighted by molar-refractivity contribution is 6.51. The Morgan fingerprint density at radius 2 is 1.25 bits per heavy atom. The number of nitrogens with zero attached hydrogens (tertiary/aromatic N) is 2. The predicted octanol–water partition coefficient (Wildman–Crippen LogP) is 5.07. The summed E-state index contributed by atoms with van der Waals surface area (Å²) in [5.74, 6) is -0.0835. The maximum absolute atomic E-state index is 12.9. The summed E-state index contributed by atoms with van der Waals surface area (Å²) in [7, 11) is 0. The van der Waals surface area contributed by atoms with E-state index in [1.165, 1.54) is 25.7 Å². The summed E-state index contributed by atoms with van der Waals surface area (Å²) < 4.78 is 0. The molecule has 0 atom stereocenters. The molecule has 0 heterocycles. The second kappa shape index (κ2) is 8.34. The lowest BCUT2D eigenvalue weighted by Crippen LogP contribution is -2.16. The zero-order valence-electron chi connectivity index (χ0n) is 13.8. The lowest BCUT2D eigenvalue weighted by Gasteiger charge is -2.05. The molecule has 1 fully saturated rings. The van der Waals surface area contributed by atoms with E-state index < -0.39 is 0 Å². The van der Waals surface area contributed by atoms with Crippen molar-refractivity contribution >= 4 is 17.2 Å². The van der Waals surface area contributed by atoms with Crippen molar-refractivity contribution in [3.8, 4) is 0 Å². The average molecular weight is 318 g/mol. The molecule has 2 aromatic carbocycles. The molecule has 0 aliphatic heterocycles. The summed E-state index contributed by atoms with van der Waals surface area (Å²) in [6, 6.07) is 18.9. The van der Waals surface area contributed by atoms with Gasteiger partial charge < -0.3 is 0 Å². The quantitative estimate of drug-likeness (QED) is 0.336. The van der Waals surface area contributed by atoms with Crippen LogP contribution in [0.15, 0.2) is 70.9 Å². The van der Waals surface area contributed by atoms with Crippen molar-refractivity contribution in [1.82, 2.24) is 0 Å². The standard InChI is InChI=1S/C21H22N2O/c24-21(18-13-7-4-8-14-18)20(17-11-5-3-6-12-17)23-22-19-15-9-1-2-10-16-19/h3-8,11-14H,1-2,9-10,15-16H2/b23-20-. The minimum Gasteiger partial charge on any atom is -0.287 e. The molecule has 0 radical (unpaired) electrons. The molecule has 3 rings (SSSR count). The number of ketones is 1. The first-order chi connectivity index (χ1) is 11.8. The Morgan fingerprint density at radius 1 is 0.708 bits per heavy atom. The van der Waals surface area contributed by atoms with Crippen molar-refractivity contribution < 1.29 is 4.79 Å². The third-order valence-corrected chi connectivity index (χ3v) is 4.27. The molecular weight excluding hydrogens is 296 g/mol. The predicted molar refractivity (Wildman–Crippen MR) is 98.9 cm³/mol. The van der Waals surface area contributed by atoms with E-state index in [0.29, 0.717) is 11.3 Å². The first-order valence-electron chi connectivity index (χ1n) is 8.63. The summed E-state index contributed by atoms with van der Waals surface area (Å²) in [4.78, 5) is 12.9. The van der Waals surface area contributed by atoms with Crippen molar-refractivity contribution in [3.05, 3.63) is 71.8 Å². The molecule has 122 valence electrons. The lowest BCUT2D eigenvalue weighted by molar-refractivity contribution is 0.106. The van der Waals surface area contributed by atoms with Gasteiger partial charge in [-0.3, -0.25) is 4.79 Å². The van der Waals surface area contributed by atoms with Crippen LogP contribution in [-0.4, -0.2) is 17.2 Å². The monoisotopic (exact) mass is 318 g/mol. The van der Waals surface area contributed by atoms with Crippen LogP contribution >= 0.6 is 0 Å². The molecule has 0 aromatic heterocycles. The van der Waals surface area contributed by atoms with Gasteiger partial charge in [-0.1, -0.05) is 73.5 Å². The normalized spacial score (nSPS) is 15.7. The number of benzene rings is 2. The van der Waals surface area contributed by atoms with Crippen LogP contribution in [-0.2, 0) is 0 Å². The summed E-state index contributed by atoms with van der Waals surface area (Å²) in [6.45, 7) is 0. The number of rotatable bonds is 4. The maximum Gasteiger partial charge on any atom is 0.213 e. The third-order valence-electron chi connectivity index (χ3n) is 4.27. The Labute approximate surface area is 143 Å². The van der Waals surface area contributed by atoms with Gasteiger partial charge in [-0.15, -0.1) is 5.10 Å². The smallest absolute Gasteiger partial charge is 0.213 e. The number of carbonyl (C=O) groups excluding carboxylic acids is 1. The summed E-state index contributed by atoms with van der Waals surface area (Å²) in [6.07, 6.45) is 6.84. The van der Waals surface area contributed by atoms with E-state index in [0.717, 1.165) is 24.1 Å². The summed E-state index contributed by atoms with van der Waals surface area (Å²) >= 11 is 0. The highest BCUT2D eigenvalue weighted by Gasteiger charge is 2.16. The Hall–Kier alpha value is -2.55. The van der Waals surface area contributed by atoms with Gasteiger partial charge in [0, 0.05) is 16.8 Å². The molecule has 1 saturated carbocycles. The highest BCUT2D eigenvalue weighted by atomic mass is 16.1. The molecule has 3 nitrogen and oxygen atoms in total. The fourth-order valence-corrected chi connectivity index (χ4v) is 2.91. The highest BCUT2D eigenvalue weighted by Crippen LogP contribution is 2.16. The van der Waals surface area contributed by atoms with Crippen LogP contribution in [0.3, 0.4) is 0 Å². The van der Waals surface area contributed by atoms with E-state index in [9.17, 15) is 4.79 Å². The van der Waals surface area contributed by atoms with E-state index in [2.05, 4.69) is 10.2 Å². The van der Waals surface area contributed by atoms with Crippen molar-refractivity contribution in [2.45, 2.75) is 38.5 Å². The van der Waals surface area contributed by atoms with Crippen molar-refractivity contribution in [2.24, 2.45) is 10.2 Å². The van der Waals surface area contributed by atoms with Gasteiger partial charge in [-0.05, 0) is 25.7 Å². The van der Waals surface area contributed by atoms with Crippen LogP contribution in [0.5, 0.6) is 0 Å². The molecule has 0 unspecified atom stereocenters. The Balaban J connectivity index is 1.94. The number of carbonyl (C=O) groups is 1. The van der Waals surface area contributed by atoms with Gasteiger partial charge >= 0.3 is 0 Å². The van der Waals surface area contributed by atoms with Gasteiger partial charge in [0.25, 0.3) is 0 Å². The summed E-state index contributed by atoms with van der Waals surface area (Å²) in [5.41, 5.74) is 2.98. The van der Waals surface area contributed by atoms with E-state index in [4.69, 9.17) is 0 Å². The zero-order chi connectivity index (χ0) is 16.6. The van der Waals surface area contributed by atoms with Crippen LogP contribution in [0, 0.1) is 0 Å². The van der Waals surface area contributed by atoms with Crippen LogP contribution in [0.2, 0.25) is 0 Å². The molecule has 0 amide bonds. The molecule has 1 aliphatic rings. The van der Waals surface area contributed by atoms with E-state index in [1.54, 1.807) is 0 Å². The van der Waals surface area contributed by atoms with Gasteiger partial charge in [-0.25, -0.2) is 0 Å². The Morgan fingerprint density at radius 3 is 1.83 bits per heavy atom. The van der Waals surface area contributed by atoms with Gasteiger partial charge in [0.05, 0.1) is 0 Å². The second-order valence-electron chi connectivity index (χ2n) is 6.09.